The minimum Gasteiger partial charge on any atom is -0.453 e. The van der Waals surface area contributed by atoms with Gasteiger partial charge in [-0.15, -0.1) is 0 Å². The van der Waals surface area contributed by atoms with Crippen molar-refractivity contribution in [3.63, 3.8) is 0 Å². The van der Waals surface area contributed by atoms with E-state index in [0.717, 1.165) is 44.6 Å². The lowest BCUT2D eigenvalue weighted by atomic mass is 9.63. The molecule has 4 aliphatic rings. The van der Waals surface area contributed by atoms with Gasteiger partial charge in [-0.1, -0.05) is 219 Å². The molecule has 16 rings (SSSR count). The average molecular weight is 990 g/mol. The number of nitrogens with zero attached hydrogens (tertiary/aromatic N) is 1. The number of furan rings is 1. The summed E-state index contributed by atoms with van der Waals surface area (Å²) < 4.78 is 7.35. The fraction of sp³-hybridized carbons (Fsp3) is 0.173. The number of fused-ring (bicyclic) bond motifs is 15. The van der Waals surface area contributed by atoms with Gasteiger partial charge in [-0.2, -0.15) is 0 Å². The molecule has 0 unspecified atom stereocenters. The lowest BCUT2D eigenvalue weighted by Gasteiger charge is -2.39. The van der Waals surface area contributed by atoms with Gasteiger partial charge in [0.05, 0.1) is 5.69 Å². The predicted octanol–water partition coefficient (Wildman–Crippen LogP) is 20.6. The highest BCUT2D eigenvalue weighted by molar-refractivity contribution is 6.14. The quantitative estimate of drug-likeness (QED) is 0.175. The van der Waals surface area contributed by atoms with E-state index in [9.17, 15) is 0 Å². The van der Waals surface area contributed by atoms with Crippen molar-refractivity contribution in [1.29, 1.82) is 0 Å². The molecule has 12 aromatic rings. The van der Waals surface area contributed by atoms with E-state index in [-0.39, 0.29) is 21.7 Å². The highest BCUT2D eigenvalue weighted by atomic mass is 16.3. The Labute approximate surface area is 451 Å². The second kappa shape index (κ2) is 14.9. The highest BCUT2D eigenvalue weighted by Crippen LogP contribution is 2.62. The van der Waals surface area contributed by atoms with Crippen LogP contribution < -0.4 is 4.90 Å². The second-order valence-electron chi connectivity index (χ2n) is 24.8. The number of hydrogen-bond acceptors (Lipinski definition) is 2. The molecule has 4 aliphatic carbocycles. The molecule has 77 heavy (non-hydrogen) atoms. The molecule has 0 bridgehead atoms. The van der Waals surface area contributed by atoms with E-state index < -0.39 is 0 Å². The molecule has 370 valence electrons. The van der Waals surface area contributed by atoms with Gasteiger partial charge in [0.25, 0.3) is 0 Å². The molecule has 0 aliphatic heterocycles. The van der Waals surface area contributed by atoms with Crippen molar-refractivity contribution in [1.82, 2.24) is 0 Å². The Hall–Kier alpha value is -8.46. The monoisotopic (exact) mass is 989 g/mol. The standard InChI is InChI=1S/C75H59NO/c1-42-18-10-11-23-47(42)56-26-16-27-57-58-28-17-31-63(71(58)77-70(56)57)76(45-32-34-48-52-36-38-54-50-24-12-19-43-21-14-29-59(64(43)50)72(2,3)68(54)66(52)74(6,7)61(48)40-45)46-33-35-49-53-37-39-55-51-25-13-20-44-22-15-30-60(65(44)51)73(4,5)69(55)67(53)75(8,9)62(49)41-46/h10-41H,1-9H3. The van der Waals surface area contributed by atoms with Gasteiger partial charge in [0, 0.05) is 49.4 Å². The summed E-state index contributed by atoms with van der Waals surface area (Å²) in [5.74, 6) is 0. The van der Waals surface area contributed by atoms with Gasteiger partial charge in [0.15, 0.2) is 5.58 Å². The Morgan fingerprint density at radius 3 is 1.21 bits per heavy atom. The van der Waals surface area contributed by atoms with Gasteiger partial charge < -0.3 is 9.32 Å². The van der Waals surface area contributed by atoms with Crippen LogP contribution in [0.15, 0.2) is 199 Å². The Balaban J connectivity index is 0.911. The molecule has 0 fully saturated rings. The van der Waals surface area contributed by atoms with Gasteiger partial charge in [-0.05, 0) is 159 Å². The first-order valence-electron chi connectivity index (χ1n) is 27.7. The smallest absolute Gasteiger partial charge is 0.159 e. The summed E-state index contributed by atoms with van der Waals surface area (Å²) in [7, 11) is 0. The van der Waals surface area contributed by atoms with E-state index in [1.54, 1.807) is 0 Å². The third kappa shape index (κ3) is 5.65. The summed E-state index contributed by atoms with van der Waals surface area (Å²) in [6, 6.07) is 73.7. The van der Waals surface area contributed by atoms with Crippen LogP contribution in [0.2, 0.25) is 0 Å². The Bertz CT molecular complexity index is 4420. The van der Waals surface area contributed by atoms with Crippen LogP contribution in [0.5, 0.6) is 0 Å². The summed E-state index contributed by atoms with van der Waals surface area (Å²) in [6.07, 6.45) is 0. The Morgan fingerprint density at radius 1 is 0.312 bits per heavy atom. The van der Waals surface area contributed by atoms with Crippen LogP contribution in [0.1, 0.15) is 105 Å². The molecule has 2 heteroatoms. The number of para-hydroxylation sites is 2. The zero-order valence-corrected chi connectivity index (χ0v) is 45.3. The van der Waals surface area contributed by atoms with Gasteiger partial charge in [-0.25, -0.2) is 0 Å². The highest BCUT2D eigenvalue weighted by Gasteiger charge is 2.47. The van der Waals surface area contributed by atoms with Gasteiger partial charge >= 0.3 is 0 Å². The number of hydrogen-bond donors (Lipinski definition) is 0. The second-order valence-corrected chi connectivity index (χ2v) is 24.8. The van der Waals surface area contributed by atoms with Crippen molar-refractivity contribution < 1.29 is 4.42 Å². The van der Waals surface area contributed by atoms with Crippen molar-refractivity contribution in [2.24, 2.45) is 0 Å². The third-order valence-corrected chi connectivity index (χ3v) is 19.3. The molecule has 0 atom stereocenters. The summed E-state index contributed by atoms with van der Waals surface area (Å²) in [6.45, 7) is 21.8. The van der Waals surface area contributed by atoms with E-state index in [2.05, 4.69) is 261 Å². The molecule has 0 radical (unpaired) electrons. The molecule has 0 amide bonds. The van der Waals surface area contributed by atoms with E-state index in [4.69, 9.17) is 4.42 Å². The number of rotatable bonds is 4. The third-order valence-electron chi connectivity index (χ3n) is 19.3. The Morgan fingerprint density at radius 2 is 0.701 bits per heavy atom. The molecule has 0 saturated heterocycles. The molecule has 1 heterocycles. The van der Waals surface area contributed by atoms with Crippen molar-refractivity contribution in [3.8, 4) is 55.6 Å². The summed E-state index contributed by atoms with van der Waals surface area (Å²) >= 11 is 0. The molecule has 0 N–H and O–H groups in total. The van der Waals surface area contributed by atoms with Gasteiger partial charge in [0.2, 0.25) is 0 Å². The molecular formula is C75H59NO. The van der Waals surface area contributed by atoms with Crippen LogP contribution in [0, 0.1) is 6.92 Å². The first-order chi connectivity index (χ1) is 37.2. The van der Waals surface area contributed by atoms with Crippen molar-refractivity contribution in [3.05, 3.63) is 244 Å². The molecule has 2 nitrogen and oxygen atoms in total. The van der Waals surface area contributed by atoms with Crippen molar-refractivity contribution in [2.75, 3.05) is 4.90 Å². The van der Waals surface area contributed by atoms with Crippen LogP contribution in [-0.2, 0) is 21.7 Å². The number of benzene rings is 11. The van der Waals surface area contributed by atoms with E-state index in [1.165, 1.54) is 122 Å². The fourth-order valence-electron chi connectivity index (χ4n) is 15.8. The predicted molar refractivity (Wildman–Crippen MR) is 324 cm³/mol. The minimum atomic E-state index is -0.306. The maximum atomic E-state index is 7.35. The molecular weight excluding hydrogens is 931 g/mol. The average Bonchev–Trinajstić information content (AvgIpc) is 4.11. The first kappa shape index (κ1) is 44.8. The normalized spacial score (nSPS) is 16.0. The number of aryl methyl sites for hydroxylation is 1. The number of anilines is 3. The first-order valence-corrected chi connectivity index (χ1v) is 27.7. The van der Waals surface area contributed by atoms with Crippen LogP contribution in [0.4, 0.5) is 17.1 Å². The van der Waals surface area contributed by atoms with Gasteiger partial charge in [-0.3, -0.25) is 0 Å². The lowest BCUT2D eigenvalue weighted by molar-refractivity contribution is 0.591. The summed E-state index contributed by atoms with van der Waals surface area (Å²) in [5.41, 5.74) is 29.5. The van der Waals surface area contributed by atoms with E-state index >= 15 is 0 Å². The zero-order chi connectivity index (χ0) is 52.2. The van der Waals surface area contributed by atoms with Crippen LogP contribution >= 0.6 is 0 Å². The molecule has 0 saturated carbocycles. The van der Waals surface area contributed by atoms with Crippen LogP contribution in [0.3, 0.4) is 0 Å². The van der Waals surface area contributed by atoms with E-state index in [0.29, 0.717) is 0 Å². The molecule has 11 aromatic carbocycles. The molecule has 0 spiro atoms. The SMILES string of the molecule is Cc1ccccc1-c1cccc2c1oc1c(N(c3ccc4c(c3)C(C)(C)c3c-4ccc4c3C(C)(C)c3cccc5cccc-4c35)c3ccc4c(c3)C(C)(C)c3c-4ccc4c3C(C)(C)c3cccc5cccc-4c35)cccc12. The van der Waals surface area contributed by atoms with Crippen molar-refractivity contribution >= 4 is 60.5 Å². The summed E-state index contributed by atoms with van der Waals surface area (Å²) in [5, 5.41) is 7.61. The van der Waals surface area contributed by atoms with Gasteiger partial charge in [0.1, 0.15) is 5.58 Å². The van der Waals surface area contributed by atoms with Crippen LogP contribution in [-0.4, -0.2) is 0 Å². The lowest BCUT2D eigenvalue weighted by Crippen LogP contribution is -2.29. The van der Waals surface area contributed by atoms with Crippen LogP contribution in [0.25, 0.3) is 99.1 Å². The largest absolute Gasteiger partial charge is 0.453 e. The maximum absolute atomic E-state index is 7.35. The maximum Gasteiger partial charge on any atom is 0.159 e. The molecule has 1 aromatic heterocycles. The fourth-order valence-corrected chi connectivity index (χ4v) is 15.8. The topological polar surface area (TPSA) is 16.4 Å². The Kier molecular flexibility index (Phi) is 8.68. The van der Waals surface area contributed by atoms with Crippen molar-refractivity contribution in [2.45, 2.75) is 84.0 Å². The van der Waals surface area contributed by atoms with E-state index in [1.807, 2.05) is 0 Å². The minimum absolute atomic E-state index is 0.212. The zero-order valence-electron chi connectivity index (χ0n) is 45.3. The summed E-state index contributed by atoms with van der Waals surface area (Å²) in [4.78, 5) is 2.50.